The zero-order valence-corrected chi connectivity index (χ0v) is 16.9. The fourth-order valence-electron chi connectivity index (χ4n) is 3.25. The highest BCUT2D eigenvalue weighted by atomic mass is 32.2. The van der Waals surface area contributed by atoms with Gasteiger partial charge in [0, 0.05) is 24.2 Å². The van der Waals surface area contributed by atoms with Crippen molar-refractivity contribution in [1.82, 2.24) is 19.3 Å². The van der Waals surface area contributed by atoms with E-state index in [4.69, 9.17) is 0 Å². The van der Waals surface area contributed by atoms with Gasteiger partial charge < -0.3 is 0 Å². The molecule has 2 aromatic heterocycles. The number of aromatic amines is 1. The molecule has 7 nitrogen and oxygen atoms in total. The van der Waals surface area contributed by atoms with Crippen LogP contribution in [-0.2, 0) is 16.4 Å². The second-order valence-corrected chi connectivity index (χ2v) is 8.68. The van der Waals surface area contributed by atoms with Crippen LogP contribution in [0.25, 0.3) is 5.65 Å². The molecule has 2 aromatic carbocycles. The summed E-state index contributed by atoms with van der Waals surface area (Å²) in [6.45, 7) is 1.81. The van der Waals surface area contributed by atoms with E-state index < -0.39 is 21.9 Å². The number of benzene rings is 2. The molecule has 0 spiro atoms. The molecule has 0 aliphatic carbocycles. The Kier molecular flexibility index (Phi) is 5.23. The predicted molar refractivity (Wildman–Crippen MR) is 110 cm³/mol. The maximum atomic E-state index is 13.4. The Labute approximate surface area is 172 Å². The summed E-state index contributed by atoms with van der Waals surface area (Å²) in [5.74, 6) is -0.427. The number of fused-ring (bicyclic) bond motifs is 1. The van der Waals surface area contributed by atoms with Crippen molar-refractivity contribution in [2.45, 2.75) is 24.3 Å². The molecule has 1 atom stereocenters. The average molecular weight is 426 g/mol. The van der Waals surface area contributed by atoms with Crippen LogP contribution in [0.4, 0.5) is 4.39 Å². The minimum Gasteiger partial charge on any atom is -0.294 e. The number of halogens is 1. The van der Waals surface area contributed by atoms with Crippen molar-refractivity contribution in [3.63, 3.8) is 0 Å². The van der Waals surface area contributed by atoms with Crippen LogP contribution < -0.4 is 10.3 Å². The third-order valence-corrected chi connectivity index (χ3v) is 6.16. The lowest BCUT2D eigenvalue weighted by Gasteiger charge is -2.19. The Morgan fingerprint density at radius 3 is 2.50 bits per heavy atom. The largest absolute Gasteiger partial charge is 0.294 e. The van der Waals surface area contributed by atoms with E-state index in [1.165, 1.54) is 47.0 Å². The number of aryl methyl sites for hydroxylation is 1. The Morgan fingerprint density at radius 2 is 1.80 bits per heavy atom. The summed E-state index contributed by atoms with van der Waals surface area (Å²) in [5.41, 5.74) is 1.90. The normalized spacial score (nSPS) is 12.9. The summed E-state index contributed by atoms with van der Waals surface area (Å²) in [4.78, 5) is 17.0. The minimum atomic E-state index is -3.85. The number of aromatic nitrogens is 3. The SMILES string of the molecule is Cc1cc2nc(C[C@H](NS(=O)(=O)c3ccccc3)c3ccc(F)cc3)cc(=O)n2[nH]1. The summed E-state index contributed by atoms with van der Waals surface area (Å²) < 4.78 is 43.1. The van der Waals surface area contributed by atoms with Crippen LogP contribution in [0.1, 0.15) is 23.0 Å². The highest BCUT2D eigenvalue weighted by Gasteiger charge is 2.23. The second-order valence-electron chi connectivity index (χ2n) is 6.96. The van der Waals surface area contributed by atoms with Crippen LogP contribution in [0.3, 0.4) is 0 Å². The number of nitrogens with one attached hydrogen (secondary N) is 2. The molecular weight excluding hydrogens is 407 g/mol. The molecule has 0 aliphatic rings. The van der Waals surface area contributed by atoms with Gasteiger partial charge in [-0.05, 0) is 36.8 Å². The van der Waals surface area contributed by atoms with Gasteiger partial charge in [-0.2, -0.15) is 0 Å². The highest BCUT2D eigenvalue weighted by molar-refractivity contribution is 7.89. The minimum absolute atomic E-state index is 0.113. The molecule has 0 fully saturated rings. The van der Waals surface area contributed by atoms with E-state index in [2.05, 4.69) is 14.8 Å². The van der Waals surface area contributed by atoms with Crippen LogP contribution in [0.2, 0.25) is 0 Å². The molecule has 0 amide bonds. The molecule has 30 heavy (non-hydrogen) atoms. The molecule has 0 saturated heterocycles. The quantitative estimate of drug-likeness (QED) is 0.496. The lowest BCUT2D eigenvalue weighted by Crippen LogP contribution is -2.31. The maximum absolute atomic E-state index is 13.4. The zero-order chi connectivity index (χ0) is 21.3. The standard InChI is InChI=1S/C21H19FN4O3S/c1-14-11-20-23-17(13-21(27)26(20)24-14)12-19(15-7-9-16(22)10-8-15)25-30(28,29)18-5-3-2-4-6-18/h2-11,13,19,24-25H,12H2,1H3/t19-/m0/s1. The van der Waals surface area contributed by atoms with E-state index in [0.717, 1.165) is 5.69 Å². The van der Waals surface area contributed by atoms with Crippen LogP contribution in [-0.4, -0.2) is 23.0 Å². The molecule has 0 saturated carbocycles. The Hall–Kier alpha value is -3.30. The topological polar surface area (TPSA) is 96.3 Å². The van der Waals surface area contributed by atoms with Crippen LogP contribution in [0, 0.1) is 12.7 Å². The smallest absolute Gasteiger partial charge is 0.272 e. The van der Waals surface area contributed by atoms with Crippen LogP contribution >= 0.6 is 0 Å². The molecule has 4 rings (SSSR count). The van der Waals surface area contributed by atoms with Gasteiger partial charge in [0.25, 0.3) is 5.56 Å². The summed E-state index contributed by atoms with van der Waals surface area (Å²) >= 11 is 0. The lowest BCUT2D eigenvalue weighted by molar-refractivity contribution is 0.552. The van der Waals surface area contributed by atoms with E-state index in [1.54, 1.807) is 24.3 Å². The van der Waals surface area contributed by atoms with Gasteiger partial charge >= 0.3 is 0 Å². The zero-order valence-electron chi connectivity index (χ0n) is 16.0. The Morgan fingerprint density at radius 1 is 1.10 bits per heavy atom. The van der Waals surface area contributed by atoms with Crippen molar-refractivity contribution in [2.75, 3.05) is 0 Å². The fourth-order valence-corrected chi connectivity index (χ4v) is 4.50. The molecule has 0 radical (unpaired) electrons. The van der Waals surface area contributed by atoms with Gasteiger partial charge in [0.1, 0.15) is 5.82 Å². The molecule has 4 aromatic rings. The maximum Gasteiger partial charge on any atom is 0.272 e. The predicted octanol–water partition coefficient (Wildman–Crippen LogP) is 2.73. The first kappa shape index (κ1) is 20.0. The van der Waals surface area contributed by atoms with E-state index in [9.17, 15) is 17.6 Å². The monoisotopic (exact) mass is 426 g/mol. The van der Waals surface area contributed by atoms with Gasteiger partial charge in [0.15, 0.2) is 5.65 Å². The molecule has 0 unspecified atom stereocenters. The lowest BCUT2D eigenvalue weighted by atomic mass is 10.0. The third kappa shape index (κ3) is 4.17. The van der Waals surface area contributed by atoms with E-state index in [-0.39, 0.29) is 16.9 Å². The van der Waals surface area contributed by atoms with Crippen molar-refractivity contribution in [2.24, 2.45) is 0 Å². The molecule has 2 N–H and O–H groups in total. The number of nitrogens with zero attached hydrogens (tertiary/aromatic N) is 2. The van der Waals surface area contributed by atoms with Gasteiger partial charge in [-0.15, -0.1) is 0 Å². The summed E-state index contributed by atoms with van der Waals surface area (Å²) in [6.07, 6.45) is 0.119. The summed E-state index contributed by atoms with van der Waals surface area (Å²) in [6, 6.07) is 15.9. The number of rotatable bonds is 6. The Balaban J connectivity index is 1.72. The summed E-state index contributed by atoms with van der Waals surface area (Å²) in [5, 5.41) is 2.89. The van der Waals surface area contributed by atoms with E-state index in [1.807, 2.05) is 6.92 Å². The van der Waals surface area contributed by atoms with E-state index in [0.29, 0.717) is 16.9 Å². The Bertz CT molecular complexity index is 1350. The number of H-pyrrole nitrogens is 1. The first-order chi connectivity index (χ1) is 14.3. The average Bonchev–Trinajstić information content (AvgIpc) is 3.09. The first-order valence-electron chi connectivity index (χ1n) is 9.23. The van der Waals surface area contributed by atoms with Crippen molar-refractivity contribution < 1.29 is 12.8 Å². The van der Waals surface area contributed by atoms with Crippen LogP contribution in [0.5, 0.6) is 0 Å². The van der Waals surface area contributed by atoms with Gasteiger partial charge in [-0.1, -0.05) is 30.3 Å². The van der Waals surface area contributed by atoms with Crippen LogP contribution in [0.15, 0.2) is 76.4 Å². The van der Waals surface area contributed by atoms with Crippen molar-refractivity contribution in [3.8, 4) is 0 Å². The fraction of sp³-hybridized carbons (Fsp3) is 0.143. The molecule has 0 bridgehead atoms. The van der Waals surface area contributed by atoms with Crippen molar-refractivity contribution in [1.29, 1.82) is 0 Å². The number of hydrogen-bond acceptors (Lipinski definition) is 4. The van der Waals surface area contributed by atoms with Gasteiger partial charge in [0.2, 0.25) is 10.0 Å². The van der Waals surface area contributed by atoms with Gasteiger partial charge in [0.05, 0.1) is 16.6 Å². The molecule has 154 valence electrons. The molecule has 0 aliphatic heterocycles. The number of hydrogen-bond donors (Lipinski definition) is 2. The molecule has 2 heterocycles. The van der Waals surface area contributed by atoms with Gasteiger partial charge in [-0.3, -0.25) is 9.89 Å². The molecule has 9 heteroatoms. The van der Waals surface area contributed by atoms with Crippen molar-refractivity contribution in [3.05, 3.63) is 99.9 Å². The third-order valence-electron chi connectivity index (χ3n) is 4.67. The van der Waals surface area contributed by atoms with Gasteiger partial charge in [-0.25, -0.2) is 27.0 Å². The summed E-state index contributed by atoms with van der Waals surface area (Å²) in [7, 11) is -3.85. The highest BCUT2D eigenvalue weighted by Crippen LogP contribution is 2.21. The van der Waals surface area contributed by atoms with E-state index >= 15 is 0 Å². The molecular formula is C21H19FN4O3S. The second kappa shape index (κ2) is 7.85. The number of sulfonamides is 1. The van der Waals surface area contributed by atoms with Crippen molar-refractivity contribution >= 4 is 15.7 Å². The first-order valence-corrected chi connectivity index (χ1v) is 10.7.